The van der Waals surface area contributed by atoms with E-state index in [4.69, 9.17) is 4.74 Å². The molecule has 1 N–H and O–H groups in total. The molecule has 202 valence electrons. The number of ether oxygens (including phenoxy) is 1. The maximum Gasteiger partial charge on any atom is 0.264 e. The summed E-state index contributed by atoms with van der Waals surface area (Å²) in [6, 6.07) is 16.7. The third kappa shape index (κ3) is 5.82. The lowest BCUT2D eigenvalue weighted by atomic mass is 10.2. The molecule has 0 saturated carbocycles. The van der Waals surface area contributed by atoms with Gasteiger partial charge in [0.2, 0.25) is 15.9 Å². The standard InChI is InChI=1S/C26H28FN3O6S2/c1-36-25-15-14-21(37(32,33)29-16-8-3-9-17-29)18-23(25)28-26(31)19-30(24-13-7-6-12-22(24)27)38(34,35)20-10-4-2-5-11-20/h2,4-7,10-15,18H,3,8-9,16-17,19H2,1H3,(H,28,31). The van der Waals surface area contributed by atoms with Crippen molar-refractivity contribution < 1.29 is 30.8 Å². The molecule has 1 heterocycles. The van der Waals surface area contributed by atoms with E-state index in [0.717, 1.165) is 25.3 Å². The average Bonchev–Trinajstić information content (AvgIpc) is 2.93. The van der Waals surface area contributed by atoms with Gasteiger partial charge in [0.05, 0.1) is 28.3 Å². The molecular formula is C26H28FN3O6S2. The largest absolute Gasteiger partial charge is 0.495 e. The van der Waals surface area contributed by atoms with E-state index in [1.54, 1.807) is 6.07 Å². The molecule has 38 heavy (non-hydrogen) atoms. The number of benzene rings is 3. The van der Waals surface area contributed by atoms with Crippen LogP contribution in [0.2, 0.25) is 0 Å². The fourth-order valence-corrected chi connectivity index (χ4v) is 7.19. The number of nitrogens with zero attached hydrogens (tertiary/aromatic N) is 2. The Labute approximate surface area is 221 Å². The second-order valence-electron chi connectivity index (χ2n) is 8.65. The minimum absolute atomic E-state index is 0.0293. The van der Waals surface area contributed by atoms with E-state index in [1.165, 1.54) is 72.1 Å². The van der Waals surface area contributed by atoms with Crippen LogP contribution in [0.15, 0.2) is 82.6 Å². The number of carbonyl (C=O) groups is 1. The predicted octanol–water partition coefficient (Wildman–Crippen LogP) is 3.84. The smallest absolute Gasteiger partial charge is 0.264 e. The van der Waals surface area contributed by atoms with Crippen LogP contribution in [0.1, 0.15) is 19.3 Å². The van der Waals surface area contributed by atoms with Crippen molar-refractivity contribution in [3.05, 3.63) is 78.6 Å². The Morgan fingerprint density at radius 2 is 1.58 bits per heavy atom. The van der Waals surface area contributed by atoms with Crippen molar-refractivity contribution in [2.75, 3.05) is 36.4 Å². The van der Waals surface area contributed by atoms with E-state index in [1.807, 2.05) is 0 Å². The molecule has 1 fully saturated rings. The summed E-state index contributed by atoms with van der Waals surface area (Å²) in [6.07, 6.45) is 2.49. The lowest BCUT2D eigenvalue weighted by molar-refractivity contribution is -0.114. The van der Waals surface area contributed by atoms with Gasteiger partial charge < -0.3 is 10.1 Å². The summed E-state index contributed by atoms with van der Waals surface area (Å²) in [5, 5.41) is 2.54. The van der Waals surface area contributed by atoms with Crippen molar-refractivity contribution in [2.45, 2.75) is 29.1 Å². The number of hydrogen-bond acceptors (Lipinski definition) is 6. The van der Waals surface area contributed by atoms with E-state index in [2.05, 4.69) is 5.32 Å². The number of hydrogen-bond donors (Lipinski definition) is 1. The summed E-state index contributed by atoms with van der Waals surface area (Å²) < 4.78 is 75.2. The lowest BCUT2D eigenvalue weighted by Crippen LogP contribution is -2.38. The SMILES string of the molecule is COc1ccc(S(=O)(=O)N2CCCCC2)cc1NC(=O)CN(c1ccccc1F)S(=O)(=O)c1ccccc1. The summed E-state index contributed by atoms with van der Waals surface area (Å²) in [4.78, 5) is 13.0. The number of methoxy groups -OCH3 is 1. The van der Waals surface area contributed by atoms with E-state index < -0.39 is 38.3 Å². The number of piperidine rings is 1. The van der Waals surface area contributed by atoms with Crippen LogP contribution < -0.4 is 14.4 Å². The topological polar surface area (TPSA) is 113 Å². The van der Waals surface area contributed by atoms with Crippen LogP contribution in [0.25, 0.3) is 0 Å². The Bertz CT molecular complexity index is 1510. The van der Waals surface area contributed by atoms with Gasteiger partial charge in [0.25, 0.3) is 10.0 Å². The molecule has 0 aliphatic carbocycles. The molecule has 3 aromatic rings. The van der Waals surface area contributed by atoms with Crippen LogP contribution in [-0.4, -0.2) is 53.8 Å². The van der Waals surface area contributed by atoms with Crippen LogP contribution in [0.5, 0.6) is 5.75 Å². The molecule has 9 nitrogen and oxygen atoms in total. The maximum absolute atomic E-state index is 14.7. The first-order valence-electron chi connectivity index (χ1n) is 11.9. The van der Waals surface area contributed by atoms with Crippen molar-refractivity contribution in [2.24, 2.45) is 0 Å². The molecule has 0 bridgehead atoms. The van der Waals surface area contributed by atoms with Crippen molar-refractivity contribution in [3.8, 4) is 5.75 Å². The summed E-state index contributed by atoms with van der Waals surface area (Å²) >= 11 is 0. The van der Waals surface area contributed by atoms with Gasteiger partial charge in [-0.05, 0) is 55.3 Å². The van der Waals surface area contributed by atoms with E-state index in [0.29, 0.717) is 17.4 Å². The first-order valence-corrected chi connectivity index (χ1v) is 14.8. The second kappa shape index (κ2) is 11.5. The average molecular weight is 562 g/mol. The van der Waals surface area contributed by atoms with Gasteiger partial charge in [-0.2, -0.15) is 4.31 Å². The zero-order valence-electron chi connectivity index (χ0n) is 20.7. The van der Waals surface area contributed by atoms with Crippen molar-refractivity contribution in [1.29, 1.82) is 0 Å². The van der Waals surface area contributed by atoms with Gasteiger partial charge in [-0.15, -0.1) is 0 Å². The van der Waals surface area contributed by atoms with Gasteiger partial charge >= 0.3 is 0 Å². The first-order chi connectivity index (χ1) is 18.1. The van der Waals surface area contributed by atoms with Crippen LogP contribution >= 0.6 is 0 Å². The van der Waals surface area contributed by atoms with Crippen LogP contribution in [0.4, 0.5) is 15.8 Å². The Morgan fingerprint density at radius 1 is 0.921 bits per heavy atom. The number of para-hydroxylation sites is 1. The minimum atomic E-state index is -4.33. The third-order valence-electron chi connectivity index (χ3n) is 6.14. The normalized spacial score (nSPS) is 14.6. The summed E-state index contributed by atoms with van der Waals surface area (Å²) in [7, 11) is -6.78. The molecule has 1 saturated heterocycles. The van der Waals surface area contributed by atoms with Gasteiger partial charge in [-0.25, -0.2) is 21.2 Å². The summed E-state index contributed by atoms with van der Waals surface area (Å²) in [5.41, 5.74) is -0.263. The van der Waals surface area contributed by atoms with Gasteiger partial charge in [0, 0.05) is 13.1 Å². The lowest BCUT2D eigenvalue weighted by Gasteiger charge is -2.26. The molecular weight excluding hydrogens is 533 g/mol. The summed E-state index contributed by atoms with van der Waals surface area (Å²) in [6.45, 7) is 0.0421. The number of nitrogens with one attached hydrogen (secondary N) is 1. The van der Waals surface area contributed by atoms with Crippen LogP contribution in [0, 0.1) is 5.82 Å². The predicted molar refractivity (Wildman–Crippen MR) is 142 cm³/mol. The molecule has 1 aliphatic heterocycles. The molecule has 1 aliphatic rings. The van der Waals surface area contributed by atoms with E-state index >= 15 is 0 Å². The highest BCUT2D eigenvalue weighted by molar-refractivity contribution is 7.92. The molecule has 12 heteroatoms. The number of amides is 1. The molecule has 0 atom stereocenters. The highest BCUT2D eigenvalue weighted by Crippen LogP contribution is 2.31. The van der Waals surface area contributed by atoms with Crippen LogP contribution in [-0.2, 0) is 24.8 Å². The van der Waals surface area contributed by atoms with Gasteiger partial charge in [-0.3, -0.25) is 9.10 Å². The molecule has 0 aromatic heterocycles. The highest BCUT2D eigenvalue weighted by atomic mass is 32.2. The second-order valence-corrected chi connectivity index (χ2v) is 12.5. The van der Waals surface area contributed by atoms with Gasteiger partial charge in [-0.1, -0.05) is 36.8 Å². The van der Waals surface area contributed by atoms with Gasteiger partial charge in [0.1, 0.15) is 18.1 Å². The van der Waals surface area contributed by atoms with E-state index in [9.17, 15) is 26.0 Å². The first kappa shape index (κ1) is 27.6. The van der Waals surface area contributed by atoms with Crippen molar-refractivity contribution >= 4 is 37.3 Å². The Balaban J connectivity index is 1.65. The van der Waals surface area contributed by atoms with Crippen molar-refractivity contribution in [1.82, 2.24) is 4.31 Å². The number of sulfonamides is 2. The number of anilines is 2. The summed E-state index contributed by atoms with van der Waals surface area (Å²) in [5.74, 6) is -1.47. The van der Waals surface area contributed by atoms with Crippen molar-refractivity contribution in [3.63, 3.8) is 0 Å². The zero-order chi connectivity index (χ0) is 27.3. The fourth-order valence-electron chi connectivity index (χ4n) is 4.19. The maximum atomic E-state index is 14.7. The quantitative estimate of drug-likeness (QED) is 0.425. The van der Waals surface area contributed by atoms with Crippen LogP contribution in [0.3, 0.4) is 0 Å². The minimum Gasteiger partial charge on any atom is -0.495 e. The Hall–Kier alpha value is -3.48. The molecule has 3 aromatic carbocycles. The number of carbonyl (C=O) groups excluding carboxylic acids is 1. The molecule has 1 amide bonds. The highest BCUT2D eigenvalue weighted by Gasteiger charge is 2.30. The molecule has 0 unspecified atom stereocenters. The Kier molecular flexibility index (Phi) is 8.34. The Morgan fingerprint density at radius 3 is 2.24 bits per heavy atom. The number of rotatable bonds is 9. The van der Waals surface area contributed by atoms with Gasteiger partial charge in [0.15, 0.2) is 0 Å². The molecule has 4 rings (SSSR count). The van der Waals surface area contributed by atoms with E-state index in [-0.39, 0.29) is 26.9 Å². The monoisotopic (exact) mass is 561 g/mol. The molecule has 0 radical (unpaired) electrons. The number of halogens is 1. The zero-order valence-corrected chi connectivity index (χ0v) is 22.3. The third-order valence-corrected chi connectivity index (χ3v) is 9.81. The fraction of sp³-hybridized carbons (Fsp3) is 0.269. The molecule has 0 spiro atoms.